The fourth-order valence-electron chi connectivity index (χ4n) is 3.92. The van der Waals surface area contributed by atoms with E-state index in [2.05, 4.69) is 36.2 Å². The minimum atomic E-state index is -0.955. The molecule has 1 unspecified atom stereocenters. The number of H-pyrrole nitrogens is 1. The van der Waals surface area contributed by atoms with Crippen molar-refractivity contribution in [3.63, 3.8) is 0 Å². The fourth-order valence-corrected chi connectivity index (χ4v) is 3.92. The summed E-state index contributed by atoms with van der Waals surface area (Å²) < 4.78 is 0. The molecule has 5 nitrogen and oxygen atoms in total. The molecule has 3 aromatic carbocycles. The topological polar surface area (TPSA) is 76.6 Å². The van der Waals surface area contributed by atoms with Gasteiger partial charge in [0.25, 0.3) is 5.91 Å². The first kappa shape index (κ1) is 19.2. The average Bonchev–Trinajstić information content (AvgIpc) is 3.17. The van der Waals surface area contributed by atoms with E-state index < -0.39 is 6.10 Å². The molecule has 29 heavy (non-hydrogen) atoms. The van der Waals surface area contributed by atoms with Gasteiger partial charge in [-0.15, -0.1) is 0 Å². The molecule has 0 spiro atoms. The van der Waals surface area contributed by atoms with E-state index in [0.29, 0.717) is 5.56 Å². The minimum Gasteiger partial charge on any atom is -0.394 e. The first-order chi connectivity index (χ1) is 14.0. The van der Waals surface area contributed by atoms with E-state index in [1.54, 1.807) is 13.1 Å². The number of likely N-dealkylation sites (N-methyl/N-ethyl adjacent to an activating group) is 1. The van der Waals surface area contributed by atoms with Crippen LogP contribution in [0, 0.1) is 6.92 Å². The van der Waals surface area contributed by atoms with E-state index in [-0.39, 0.29) is 19.1 Å². The van der Waals surface area contributed by atoms with Gasteiger partial charge in [-0.05, 0) is 34.9 Å². The minimum absolute atomic E-state index is 0.0765. The lowest BCUT2D eigenvalue weighted by Gasteiger charge is -2.21. The van der Waals surface area contributed by atoms with Gasteiger partial charge in [-0.3, -0.25) is 4.79 Å². The normalized spacial score (nSPS) is 12.4. The number of carbonyl (C=O) groups excluding carboxylic acids is 1. The van der Waals surface area contributed by atoms with Crippen LogP contribution in [-0.4, -0.2) is 52.3 Å². The smallest absolute Gasteiger partial charge is 0.254 e. The standard InChI is InChI=1S/C24H24N2O3/c1-15-6-3-10-20-22(12-25-23(15)20)19-9-4-8-18-17(19)7-5-11-21(18)24(29)26(2)13-16(28)14-27/h3-12,16,25,27-28H,13-14H2,1-2H3. The number of aliphatic hydroxyl groups is 2. The van der Waals surface area contributed by atoms with Crippen molar-refractivity contribution in [3.05, 3.63) is 71.9 Å². The first-order valence-corrected chi connectivity index (χ1v) is 9.64. The molecule has 0 bridgehead atoms. The molecule has 3 N–H and O–H groups in total. The summed E-state index contributed by atoms with van der Waals surface area (Å²) in [5.74, 6) is -0.185. The molecule has 0 radical (unpaired) electrons. The largest absolute Gasteiger partial charge is 0.394 e. The van der Waals surface area contributed by atoms with E-state index >= 15 is 0 Å². The van der Waals surface area contributed by atoms with Crippen LogP contribution in [0.15, 0.2) is 60.8 Å². The van der Waals surface area contributed by atoms with E-state index in [4.69, 9.17) is 5.11 Å². The summed E-state index contributed by atoms with van der Waals surface area (Å²) in [4.78, 5) is 17.8. The number of benzene rings is 3. The maximum Gasteiger partial charge on any atom is 0.254 e. The van der Waals surface area contributed by atoms with Crippen LogP contribution in [0.2, 0.25) is 0 Å². The Bertz CT molecular complexity index is 1200. The van der Waals surface area contributed by atoms with Gasteiger partial charge in [0, 0.05) is 41.8 Å². The fraction of sp³-hybridized carbons (Fsp3) is 0.208. The highest BCUT2D eigenvalue weighted by atomic mass is 16.3. The van der Waals surface area contributed by atoms with E-state index in [0.717, 1.165) is 32.8 Å². The second-order valence-corrected chi connectivity index (χ2v) is 7.43. The molecule has 5 heteroatoms. The number of aromatic amines is 1. The van der Waals surface area contributed by atoms with Crippen LogP contribution in [0.1, 0.15) is 15.9 Å². The Hall–Kier alpha value is -3.15. The molecule has 0 saturated heterocycles. The third kappa shape index (κ3) is 3.39. The number of hydrogen-bond acceptors (Lipinski definition) is 3. The Morgan fingerprint density at radius 2 is 1.69 bits per heavy atom. The molecular formula is C24H24N2O3. The quantitative estimate of drug-likeness (QED) is 0.488. The maximum absolute atomic E-state index is 13.0. The summed E-state index contributed by atoms with van der Waals surface area (Å²) in [6, 6.07) is 17.9. The number of nitrogens with zero attached hydrogens (tertiary/aromatic N) is 1. The molecule has 0 aliphatic heterocycles. The number of para-hydroxylation sites is 1. The summed E-state index contributed by atoms with van der Waals surface area (Å²) in [6.07, 6.45) is 1.06. The molecule has 1 heterocycles. The zero-order chi connectivity index (χ0) is 20.5. The number of aliphatic hydroxyl groups excluding tert-OH is 2. The van der Waals surface area contributed by atoms with Crippen molar-refractivity contribution in [2.45, 2.75) is 13.0 Å². The zero-order valence-electron chi connectivity index (χ0n) is 16.5. The van der Waals surface area contributed by atoms with Gasteiger partial charge < -0.3 is 20.1 Å². The average molecular weight is 388 g/mol. The first-order valence-electron chi connectivity index (χ1n) is 9.64. The van der Waals surface area contributed by atoms with E-state index in [1.807, 2.05) is 30.5 Å². The highest BCUT2D eigenvalue weighted by Crippen LogP contribution is 2.35. The Kier molecular flexibility index (Phi) is 5.09. The Labute approximate surface area is 169 Å². The van der Waals surface area contributed by atoms with Crippen LogP contribution in [-0.2, 0) is 0 Å². The van der Waals surface area contributed by atoms with Crippen LogP contribution >= 0.6 is 0 Å². The molecule has 148 valence electrons. The monoisotopic (exact) mass is 388 g/mol. The number of hydrogen-bond donors (Lipinski definition) is 3. The number of rotatable bonds is 5. The summed E-state index contributed by atoms with van der Waals surface area (Å²) in [6.45, 7) is 1.78. The van der Waals surface area contributed by atoms with Crippen molar-refractivity contribution in [2.75, 3.05) is 20.2 Å². The second kappa shape index (κ2) is 7.70. The second-order valence-electron chi connectivity index (χ2n) is 7.43. The number of fused-ring (bicyclic) bond motifs is 2. The lowest BCUT2D eigenvalue weighted by molar-refractivity contribution is 0.0521. The molecule has 0 aliphatic rings. The van der Waals surface area contributed by atoms with Gasteiger partial charge in [-0.2, -0.15) is 0 Å². The molecule has 0 saturated carbocycles. The van der Waals surface area contributed by atoms with Gasteiger partial charge in [-0.25, -0.2) is 0 Å². The maximum atomic E-state index is 13.0. The van der Waals surface area contributed by atoms with Crippen LogP contribution in [0.5, 0.6) is 0 Å². The Balaban J connectivity index is 1.84. The van der Waals surface area contributed by atoms with E-state index in [9.17, 15) is 9.90 Å². The predicted octanol–water partition coefficient (Wildman–Crippen LogP) is 3.72. The third-order valence-corrected chi connectivity index (χ3v) is 5.41. The van der Waals surface area contributed by atoms with Gasteiger partial charge in [0.15, 0.2) is 0 Å². The molecule has 0 fully saturated rings. The summed E-state index contributed by atoms with van der Waals surface area (Å²) >= 11 is 0. The number of aromatic nitrogens is 1. The van der Waals surface area contributed by atoms with Crippen LogP contribution in [0.4, 0.5) is 0 Å². The number of nitrogens with one attached hydrogen (secondary N) is 1. The summed E-state index contributed by atoms with van der Waals surface area (Å²) in [7, 11) is 1.63. The lowest BCUT2D eigenvalue weighted by atomic mass is 9.94. The SMILES string of the molecule is Cc1cccc2c(-c3cccc4c(C(=O)N(C)CC(O)CO)cccc34)c[nH]c12. The van der Waals surface area contributed by atoms with Crippen molar-refractivity contribution >= 4 is 27.6 Å². The molecular weight excluding hydrogens is 364 g/mol. The van der Waals surface area contributed by atoms with Crippen molar-refractivity contribution in [2.24, 2.45) is 0 Å². The highest BCUT2D eigenvalue weighted by Gasteiger charge is 2.19. The van der Waals surface area contributed by atoms with Crippen LogP contribution in [0.3, 0.4) is 0 Å². The van der Waals surface area contributed by atoms with E-state index in [1.165, 1.54) is 10.5 Å². The molecule has 4 rings (SSSR count). The van der Waals surface area contributed by atoms with Crippen LogP contribution in [0.25, 0.3) is 32.8 Å². The van der Waals surface area contributed by atoms with Crippen LogP contribution < -0.4 is 0 Å². The summed E-state index contributed by atoms with van der Waals surface area (Å²) in [5, 5.41) is 21.8. The van der Waals surface area contributed by atoms with Crippen molar-refractivity contribution < 1.29 is 15.0 Å². The number of amides is 1. The van der Waals surface area contributed by atoms with Crippen molar-refractivity contribution in [1.29, 1.82) is 0 Å². The Morgan fingerprint density at radius 3 is 2.48 bits per heavy atom. The van der Waals surface area contributed by atoms with Crippen molar-refractivity contribution in [1.82, 2.24) is 9.88 Å². The van der Waals surface area contributed by atoms with Gasteiger partial charge in [-0.1, -0.05) is 48.5 Å². The summed E-state index contributed by atoms with van der Waals surface area (Å²) in [5.41, 5.74) is 5.04. The van der Waals surface area contributed by atoms with Crippen molar-refractivity contribution in [3.8, 4) is 11.1 Å². The molecule has 1 atom stereocenters. The third-order valence-electron chi connectivity index (χ3n) is 5.41. The molecule has 0 aliphatic carbocycles. The van der Waals surface area contributed by atoms with Gasteiger partial charge in [0.1, 0.15) is 0 Å². The predicted molar refractivity (Wildman–Crippen MR) is 116 cm³/mol. The molecule has 1 aromatic heterocycles. The lowest BCUT2D eigenvalue weighted by Crippen LogP contribution is -2.35. The van der Waals surface area contributed by atoms with Gasteiger partial charge in [0.2, 0.25) is 0 Å². The Morgan fingerprint density at radius 1 is 1.00 bits per heavy atom. The number of aryl methyl sites for hydroxylation is 1. The highest BCUT2D eigenvalue weighted by molar-refractivity contribution is 6.12. The van der Waals surface area contributed by atoms with Gasteiger partial charge >= 0.3 is 0 Å². The zero-order valence-corrected chi connectivity index (χ0v) is 16.5. The van der Waals surface area contributed by atoms with Gasteiger partial charge in [0.05, 0.1) is 12.7 Å². The molecule has 1 amide bonds. The molecule has 4 aromatic rings. The number of carbonyl (C=O) groups is 1.